The highest BCUT2D eigenvalue weighted by Gasteiger charge is 2.38. The average Bonchev–Trinajstić information content (AvgIpc) is 2.62. The summed E-state index contributed by atoms with van der Waals surface area (Å²) in [5, 5.41) is 10.1. The van der Waals surface area contributed by atoms with E-state index in [0.29, 0.717) is 5.56 Å². The van der Waals surface area contributed by atoms with Crippen LogP contribution in [0.25, 0.3) is 11.1 Å². The molecule has 0 aromatic heterocycles. The van der Waals surface area contributed by atoms with Crippen molar-refractivity contribution in [2.45, 2.75) is 17.9 Å². The average molecular weight is 369 g/mol. The molecular formula is C20H16FNO3S. The third kappa shape index (κ3) is 2.37. The van der Waals surface area contributed by atoms with E-state index in [1.54, 1.807) is 25.1 Å². The van der Waals surface area contributed by atoms with Crippen LogP contribution in [0.3, 0.4) is 0 Å². The van der Waals surface area contributed by atoms with Crippen LogP contribution in [0, 0.1) is 5.82 Å². The number of hydrogen-bond acceptors (Lipinski definition) is 3. The van der Waals surface area contributed by atoms with E-state index >= 15 is 0 Å². The number of sulfonamides is 1. The van der Waals surface area contributed by atoms with Crippen LogP contribution in [-0.4, -0.2) is 13.5 Å². The van der Waals surface area contributed by atoms with Gasteiger partial charge in [0.15, 0.2) is 0 Å². The first-order valence-corrected chi connectivity index (χ1v) is 9.56. The number of halogens is 1. The number of para-hydroxylation sites is 1. The fraction of sp³-hybridized carbons (Fsp3) is 0.100. The molecule has 4 nitrogen and oxygen atoms in total. The van der Waals surface area contributed by atoms with Crippen molar-refractivity contribution in [3.05, 3.63) is 78.1 Å². The summed E-state index contributed by atoms with van der Waals surface area (Å²) in [5.74, 6) is -0.857. The Bertz CT molecular complexity index is 1110. The zero-order chi connectivity index (χ0) is 18.5. The van der Waals surface area contributed by atoms with Crippen LogP contribution in [0.1, 0.15) is 18.5 Å². The highest BCUT2D eigenvalue weighted by atomic mass is 32.2. The first kappa shape index (κ1) is 16.6. The largest absolute Gasteiger partial charge is 0.507 e. The van der Waals surface area contributed by atoms with Gasteiger partial charge in [0, 0.05) is 5.56 Å². The van der Waals surface area contributed by atoms with Crippen LogP contribution in [0.15, 0.2) is 71.6 Å². The maximum Gasteiger partial charge on any atom is 0.268 e. The smallest absolute Gasteiger partial charge is 0.268 e. The summed E-state index contributed by atoms with van der Waals surface area (Å²) in [6.07, 6.45) is 0. The second-order valence-corrected chi connectivity index (χ2v) is 7.98. The Morgan fingerprint density at radius 3 is 2.42 bits per heavy atom. The first-order valence-electron chi connectivity index (χ1n) is 8.12. The Labute approximate surface area is 151 Å². The van der Waals surface area contributed by atoms with Gasteiger partial charge in [0.05, 0.1) is 11.7 Å². The van der Waals surface area contributed by atoms with E-state index in [1.165, 1.54) is 28.6 Å². The predicted molar refractivity (Wildman–Crippen MR) is 98.0 cm³/mol. The van der Waals surface area contributed by atoms with Gasteiger partial charge < -0.3 is 5.11 Å². The molecule has 0 aliphatic carbocycles. The normalized spacial score (nSPS) is 16.1. The lowest BCUT2D eigenvalue weighted by Crippen LogP contribution is -2.36. The monoisotopic (exact) mass is 369 g/mol. The van der Waals surface area contributed by atoms with Crippen molar-refractivity contribution in [2.24, 2.45) is 0 Å². The molecule has 0 amide bonds. The number of fused-ring (bicyclic) bond motifs is 3. The molecule has 0 spiro atoms. The predicted octanol–water partition coefficient (Wildman–Crippen LogP) is 4.47. The molecule has 1 aliphatic heterocycles. The molecule has 3 aromatic carbocycles. The van der Waals surface area contributed by atoms with Gasteiger partial charge in [-0.15, -0.1) is 0 Å². The maximum absolute atomic E-state index is 14.0. The summed E-state index contributed by atoms with van der Waals surface area (Å²) >= 11 is 0. The van der Waals surface area contributed by atoms with Gasteiger partial charge in [-0.05, 0) is 48.4 Å². The highest BCUT2D eigenvalue weighted by molar-refractivity contribution is 7.93. The fourth-order valence-corrected chi connectivity index (χ4v) is 5.21. The Balaban J connectivity index is 2.01. The molecule has 0 fully saturated rings. The molecule has 1 atom stereocenters. The Morgan fingerprint density at radius 1 is 0.962 bits per heavy atom. The van der Waals surface area contributed by atoms with Crippen molar-refractivity contribution in [1.29, 1.82) is 0 Å². The highest BCUT2D eigenvalue weighted by Crippen LogP contribution is 2.47. The molecule has 0 saturated heterocycles. The molecule has 0 saturated carbocycles. The van der Waals surface area contributed by atoms with Crippen LogP contribution in [0.2, 0.25) is 0 Å². The lowest BCUT2D eigenvalue weighted by atomic mass is 9.90. The molecule has 1 aliphatic rings. The van der Waals surface area contributed by atoms with Crippen LogP contribution < -0.4 is 4.31 Å². The van der Waals surface area contributed by atoms with Crippen molar-refractivity contribution in [3.8, 4) is 16.9 Å². The Morgan fingerprint density at radius 2 is 1.65 bits per heavy atom. The van der Waals surface area contributed by atoms with Crippen LogP contribution in [0.4, 0.5) is 10.1 Å². The number of phenols is 1. The second-order valence-electron chi connectivity index (χ2n) is 6.19. The standard InChI is InChI=1S/C20H16FNO3S/c1-13-15-6-2-3-7-16(15)17-11-10-14(21)12-18(17)22(13)26(24,25)20-9-5-4-8-19(20)23/h2-13,23H,1H3/t13-/m0/s1. The maximum atomic E-state index is 14.0. The first-order chi connectivity index (χ1) is 12.4. The Hall–Kier alpha value is -2.86. The van der Waals surface area contributed by atoms with Gasteiger partial charge in [0.2, 0.25) is 0 Å². The van der Waals surface area contributed by atoms with Crippen molar-refractivity contribution in [2.75, 3.05) is 4.31 Å². The van der Waals surface area contributed by atoms with Gasteiger partial charge in [-0.3, -0.25) is 4.31 Å². The minimum absolute atomic E-state index is 0.207. The summed E-state index contributed by atoms with van der Waals surface area (Å²) in [7, 11) is -4.10. The van der Waals surface area contributed by atoms with Gasteiger partial charge in [0.1, 0.15) is 16.5 Å². The summed E-state index contributed by atoms with van der Waals surface area (Å²) in [4.78, 5) is -0.207. The molecule has 0 radical (unpaired) electrons. The Kier molecular flexibility index (Phi) is 3.73. The van der Waals surface area contributed by atoms with E-state index in [1.807, 2.05) is 24.3 Å². The fourth-order valence-electron chi connectivity index (χ4n) is 3.48. The van der Waals surface area contributed by atoms with E-state index in [-0.39, 0.29) is 16.3 Å². The molecule has 0 bridgehead atoms. The van der Waals surface area contributed by atoms with Crippen molar-refractivity contribution in [1.82, 2.24) is 0 Å². The molecule has 132 valence electrons. The van der Waals surface area contributed by atoms with Gasteiger partial charge >= 0.3 is 0 Å². The molecular weight excluding hydrogens is 353 g/mol. The molecule has 0 unspecified atom stereocenters. The number of hydrogen-bond donors (Lipinski definition) is 1. The second kappa shape index (κ2) is 5.85. The number of aromatic hydroxyl groups is 1. The van der Waals surface area contributed by atoms with Crippen LogP contribution in [0.5, 0.6) is 5.75 Å². The van der Waals surface area contributed by atoms with Gasteiger partial charge in [-0.25, -0.2) is 12.8 Å². The van der Waals surface area contributed by atoms with Crippen molar-refractivity contribution in [3.63, 3.8) is 0 Å². The van der Waals surface area contributed by atoms with Gasteiger partial charge in [0.25, 0.3) is 10.0 Å². The van der Waals surface area contributed by atoms with E-state index in [0.717, 1.165) is 11.1 Å². The summed E-state index contributed by atoms with van der Waals surface area (Å²) < 4.78 is 41.8. The molecule has 1 N–H and O–H groups in total. The van der Waals surface area contributed by atoms with E-state index in [2.05, 4.69) is 0 Å². The van der Waals surface area contributed by atoms with Gasteiger partial charge in [-0.2, -0.15) is 0 Å². The van der Waals surface area contributed by atoms with E-state index in [4.69, 9.17) is 0 Å². The number of benzene rings is 3. The summed E-state index contributed by atoms with van der Waals surface area (Å²) in [6, 6.07) is 16.8. The molecule has 1 heterocycles. The van der Waals surface area contributed by atoms with Crippen LogP contribution >= 0.6 is 0 Å². The number of phenolic OH excluding ortho intramolecular Hbond substituents is 1. The number of rotatable bonds is 2. The molecule has 26 heavy (non-hydrogen) atoms. The van der Waals surface area contributed by atoms with Gasteiger partial charge in [-0.1, -0.05) is 36.4 Å². The molecule has 4 rings (SSSR count). The van der Waals surface area contributed by atoms with Crippen LogP contribution in [-0.2, 0) is 10.0 Å². The molecule has 3 aromatic rings. The van der Waals surface area contributed by atoms with E-state index in [9.17, 15) is 17.9 Å². The summed E-state index contributed by atoms with van der Waals surface area (Å²) in [6.45, 7) is 1.75. The van der Waals surface area contributed by atoms with E-state index < -0.39 is 21.9 Å². The lowest BCUT2D eigenvalue weighted by Gasteiger charge is -2.37. The number of nitrogens with zero attached hydrogens (tertiary/aromatic N) is 1. The number of anilines is 1. The minimum atomic E-state index is -4.10. The summed E-state index contributed by atoms with van der Waals surface area (Å²) in [5.41, 5.74) is 2.60. The van der Waals surface area contributed by atoms with Crippen molar-refractivity contribution < 1.29 is 17.9 Å². The quantitative estimate of drug-likeness (QED) is 0.725. The third-order valence-corrected chi connectivity index (χ3v) is 6.58. The van der Waals surface area contributed by atoms with Crippen molar-refractivity contribution >= 4 is 15.7 Å². The minimum Gasteiger partial charge on any atom is -0.507 e. The lowest BCUT2D eigenvalue weighted by molar-refractivity contribution is 0.458. The topological polar surface area (TPSA) is 57.6 Å². The zero-order valence-corrected chi connectivity index (χ0v) is 14.7. The molecule has 6 heteroatoms. The SMILES string of the molecule is C[C@H]1c2ccccc2-c2ccc(F)cc2N1S(=O)(=O)c1ccccc1O. The third-order valence-electron chi connectivity index (χ3n) is 4.65. The zero-order valence-electron chi connectivity index (χ0n) is 13.9.